The zero-order valence-electron chi connectivity index (χ0n) is 11.2. The van der Waals surface area contributed by atoms with E-state index in [0.717, 1.165) is 6.42 Å². The molecule has 0 spiro atoms. The molecule has 1 heterocycles. The van der Waals surface area contributed by atoms with Crippen LogP contribution in [0.4, 0.5) is 0 Å². The maximum absolute atomic E-state index is 12.3. The van der Waals surface area contributed by atoms with Crippen molar-refractivity contribution in [1.82, 2.24) is 4.90 Å². The number of amides is 1. The lowest BCUT2D eigenvalue weighted by molar-refractivity contribution is 0.0772. The molecule has 4 nitrogen and oxygen atoms in total. The third kappa shape index (κ3) is 2.95. The van der Waals surface area contributed by atoms with Gasteiger partial charge in [0, 0.05) is 25.1 Å². The maximum Gasteiger partial charge on any atom is 0.254 e. The van der Waals surface area contributed by atoms with Crippen LogP contribution >= 0.6 is 11.6 Å². The second kappa shape index (κ2) is 6.15. The molecular weight excluding hydrogens is 266 g/mol. The Kier molecular flexibility index (Phi) is 4.53. The number of ether oxygens (including phenoxy) is 2. The Hall–Kier alpha value is -1.42. The molecule has 0 saturated carbocycles. The summed E-state index contributed by atoms with van der Waals surface area (Å²) in [5.74, 6) is 1.05. The van der Waals surface area contributed by atoms with Crippen LogP contribution in [0.25, 0.3) is 0 Å². The molecule has 104 valence electrons. The predicted molar refractivity (Wildman–Crippen MR) is 74.3 cm³/mol. The van der Waals surface area contributed by atoms with E-state index < -0.39 is 0 Å². The molecule has 0 atom stereocenters. The van der Waals surface area contributed by atoms with Crippen LogP contribution in [-0.2, 0) is 0 Å². The number of halogens is 1. The van der Waals surface area contributed by atoms with E-state index in [0.29, 0.717) is 48.4 Å². The van der Waals surface area contributed by atoms with E-state index in [1.807, 2.05) is 13.8 Å². The zero-order valence-corrected chi connectivity index (χ0v) is 12.0. The van der Waals surface area contributed by atoms with Crippen molar-refractivity contribution in [3.63, 3.8) is 0 Å². The Morgan fingerprint density at radius 1 is 1.26 bits per heavy atom. The van der Waals surface area contributed by atoms with Gasteiger partial charge >= 0.3 is 0 Å². The second-order valence-corrected chi connectivity index (χ2v) is 4.72. The molecule has 0 aliphatic carbocycles. The number of carbonyl (C=O) groups is 1. The van der Waals surface area contributed by atoms with E-state index in [9.17, 15) is 4.79 Å². The lowest BCUT2D eigenvalue weighted by Gasteiger charge is -2.19. The van der Waals surface area contributed by atoms with Crippen LogP contribution in [0.1, 0.15) is 30.6 Å². The Balaban J connectivity index is 2.35. The predicted octanol–water partition coefficient (Wildman–Crippen LogP) is 2.98. The Morgan fingerprint density at radius 2 is 1.95 bits per heavy atom. The monoisotopic (exact) mass is 283 g/mol. The van der Waals surface area contributed by atoms with Crippen molar-refractivity contribution in [3.8, 4) is 11.5 Å². The molecule has 0 saturated heterocycles. The summed E-state index contributed by atoms with van der Waals surface area (Å²) in [6.07, 6.45) is 0.810. The third-order valence-electron chi connectivity index (χ3n) is 3.10. The van der Waals surface area contributed by atoms with Crippen molar-refractivity contribution < 1.29 is 14.3 Å². The van der Waals surface area contributed by atoms with E-state index in [1.54, 1.807) is 17.0 Å². The topological polar surface area (TPSA) is 38.8 Å². The summed E-state index contributed by atoms with van der Waals surface area (Å²) < 4.78 is 11.1. The Labute approximate surface area is 118 Å². The highest BCUT2D eigenvalue weighted by Gasteiger charge is 2.20. The maximum atomic E-state index is 12.3. The summed E-state index contributed by atoms with van der Waals surface area (Å²) in [5, 5.41) is 0.426. The van der Waals surface area contributed by atoms with Gasteiger partial charge in [-0.3, -0.25) is 4.79 Å². The van der Waals surface area contributed by atoms with Crippen LogP contribution in [0.15, 0.2) is 12.1 Å². The number of benzene rings is 1. The summed E-state index contributed by atoms with van der Waals surface area (Å²) in [6.45, 7) is 6.39. The van der Waals surface area contributed by atoms with Crippen LogP contribution in [0, 0.1) is 0 Å². The minimum Gasteiger partial charge on any atom is -0.489 e. The lowest BCUT2D eigenvalue weighted by atomic mass is 10.1. The number of hydrogen-bond acceptors (Lipinski definition) is 3. The second-order valence-electron chi connectivity index (χ2n) is 4.31. The molecule has 0 unspecified atom stereocenters. The smallest absolute Gasteiger partial charge is 0.254 e. The van der Waals surface area contributed by atoms with Gasteiger partial charge < -0.3 is 14.4 Å². The minimum absolute atomic E-state index is 0.0393. The fourth-order valence-corrected chi connectivity index (χ4v) is 2.31. The molecular formula is C14H18ClNO3. The van der Waals surface area contributed by atoms with Crippen molar-refractivity contribution >= 4 is 17.5 Å². The van der Waals surface area contributed by atoms with Crippen molar-refractivity contribution in [1.29, 1.82) is 0 Å². The largest absolute Gasteiger partial charge is 0.489 e. The van der Waals surface area contributed by atoms with Crippen LogP contribution in [0.3, 0.4) is 0 Å². The van der Waals surface area contributed by atoms with Crippen molar-refractivity contribution in [3.05, 3.63) is 22.7 Å². The number of hydrogen-bond donors (Lipinski definition) is 0. The van der Waals surface area contributed by atoms with E-state index >= 15 is 0 Å². The first-order valence-corrected chi connectivity index (χ1v) is 6.93. The molecule has 1 aromatic rings. The Morgan fingerprint density at radius 3 is 2.63 bits per heavy atom. The number of nitrogens with zero attached hydrogens (tertiary/aromatic N) is 1. The van der Waals surface area contributed by atoms with Crippen LogP contribution < -0.4 is 9.47 Å². The lowest BCUT2D eigenvalue weighted by Crippen LogP contribution is -2.30. The van der Waals surface area contributed by atoms with Gasteiger partial charge in [-0.1, -0.05) is 11.6 Å². The van der Waals surface area contributed by atoms with Gasteiger partial charge in [0.15, 0.2) is 11.5 Å². The molecule has 1 aromatic carbocycles. The van der Waals surface area contributed by atoms with Gasteiger partial charge in [-0.05, 0) is 26.0 Å². The molecule has 19 heavy (non-hydrogen) atoms. The summed E-state index contributed by atoms with van der Waals surface area (Å²) >= 11 is 6.18. The van der Waals surface area contributed by atoms with Crippen molar-refractivity contribution in [2.24, 2.45) is 0 Å². The Bertz CT molecular complexity index is 472. The normalized spacial score (nSPS) is 13.8. The van der Waals surface area contributed by atoms with Gasteiger partial charge in [-0.2, -0.15) is 0 Å². The SMILES string of the molecule is CCN(CC)C(=O)c1cc(Cl)c2c(c1)OCCCO2. The van der Waals surface area contributed by atoms with Gasteiger partial charge in [0.2, 0.25) is 0 Å². The highest BCUT2D eigenvalue weighted by atomic mass is 35.5. The first-order valence-electron chi connectivity index (χ1n) is 6.55. The van der Waals surface area contributed by atoms with Crippen LogP contribution in [0.5, 0.6) is 11.5 Å². The highest BCUT2D eigenvalue weighted by molar-refractivity contribution is 6.32. The molecule has 5 heteroatoms. The highest BCUT2D eigenvalue weighted by Crippen LogP contribution is 2.38. The van der Waals surface area contributed by atoms with E-state index in [4.69, 9.17) is 21.1 Å². The average Bonchev–Trinajstić information content (AvgIpc) is 2.65. The fourth-order valence-electron chi connectivity index (χ4n) is 2.05. The molecule has 1 aliphatic heterocycles. The summed E-state index contributed by atoms with van der Waals surface area (Å²) in [6, 6.07) is 3.36. The first kappa shape index (κ1) is 14.0. The molecule has 0 radical (unpaired) electrons. The van der Waals surface area contributed by atoms with E-state index in [2.05, 4.69) is 0 Å². The molecule has 0 fully saturated rings. The first-order chi connectivity index (χ1) is 9.17. The van der Waals surface area contributed by atoms with Gasteiger partial charge in [-0.15, -0.1) is 0 Å². The van der Waals surface area contributed by atoms with Gasteiger partial charge in [0.25, 0.3) is 5.91 Å². The van der Waals surface area contributed by atoms with Crippen molar-refractivity contribution in [2.75, 3.05) is 26.3 Å². The summed E-state index contributed by atoms with van der Waals surface area (Å²) in [4.78, 5) is 14.0. The molecule has 0 N–H and O–H groups in total. The minimum atomic E-state index is -0.0393. The zero-order chi connectivity index (χ0) is 13.8. The fraction of sp³-hybridized carbons (Fsp3) is 0.500. The molecule has 1 amide bonds. The van der Waals surface area contributed by atoms with Crippen molar-refractivity contribution in [2.45, 2.75) is 20.3 Å². The third-order valence-corrected chi connectivity index (χ3v) is 3.38. The van der Waals surface area contributed by atoms with Crippen LogP contribution in [-0.4, -0.2) is 37.1 Å². The molecule has 0 aromatic heterocycles. The van der Waals surface area contributed by atoms with Crippen LogP contribution in [0.2, 0.25) is 5.02 Å². The average molecular weight is 284 g/mol. The van der Waals surface area contributed by atoms with E-state index in [1.165, 1.54) is 0 Å². The molecule has 0 bridgehead atoms. The number of fused-ring (bicyclic) bond motifs is 1. The van der Waals surface area contributed by atoms with Gasteiger partial charge in [-0.25, -0.2) is 0 Å². The summed E-state index contributed by atoms with van der Waals surface area (Å²) in [7, 11) is 0. The van der Waals surface area contributed by atoms with E-state index in [-0.39, 0.29) is 5.91 Å². The standard InChI is InChI=1S/C14H18ClNO3/c1-3-16(4-2)14(17)10-8-11(15)13-12(9-10)18-6-5-7-19-13/h8-9H,3-7H2,1-2H3. The number of carbonyl (C=O) groups excluding carboxylic acids is 1. The molecule has 2 rings (SSSR count). The van der Waals surface area contributed by atoms with Gasteiger partial charge in [0.05, 0.1) is 18.2 Å². The molecule has 1 aliphatic rings. The summed E-state index contributed by atoms with van der Waals surface area (Å²) in [5.41, 5.74) is 0.540. The number of rotatable bonds is 3. The quantitative estimate of drug-likeness (QED) is 0.856. The van der Waals surface area contributed by atoms with Gasteiger partial charge in [0.1, 0.15) is 0 Å².